The van der Waals surface area contributed by atoms with E-state index in [1.54, 1.807) is 0 Å². The van der Waals surface area contributed by atoms with Crippen molar-refractivity contribution in [1.82, 2.24) is 0 Å². The maximum absolute atomic E-state index is 14.0. The van der Waals surface area contributed by atoms with Gasteiger partial charge in [0.1, 0.15) is 17.7 Å². The molecule has 3 aliphatic rings. The van der Waals surface area contributed by atoms with Crippen LogP contribution in [0.25, 0.3) is 56.7 Å². The van der Waals surface area contributed by atoms with Crippen LogP contribution < -0.4 is 0 Å². The highest BCUT2D eigenvalue weighted by molar-refractivity contribution is 7.32. The van der Waals surface area contributed by atoms with Gasteiger partial charge in [-0.1, -0.05) is 156 Å². The predicted molar refractivity (Wildman–Crippen MR) is 335 cm³/mol. The lowest BCUT2D eigenvalue weighted by Crippen LogP contribution is -2.30. The van der Waals surface area contributed by atoms with E-state index in [-0.39, 0.29) is 11.4 Å². The van der Waals surface area contributed by atoms with E-state index in [1.165, 1.54) is 128 Å². The highest BCUT2D eigenvalue weighted by Gasteiger charge is 2.53. The number of nitrogens with zero attached hydrogens (tertiary/aromatic N) is 2. The maximum Gasteiger partial charge on any atom is 0.173 e. The lowest BCUT2D eigenvalue weighted by atomic mass is 9.65. The molecule has 14 rings (SSSR count). The summed E-state index contributed by atoms with van der Waals surface area (Å²) < 4.78 is 2.61. The number of Topliss-reactive ketones (excluding diaryl/α,β-unsaturated/α-hetero) is 1. The summed E-state index contributed by atoms with van der Waals surface area (Å²) >= 11 is 7.54. The summed E-state index contributed by atoms with van der Waals surface area (Å²) in [4.78, 5) is 21.7. The molecule has 1 atom stereocenters. The third-order valence-electron chi connectivity index (χ3n) is 17.6. The molecule has 4 aromatic heterocycles. The molecule has 80 heavy (non-hydrogen) atoms. The molecule has 0 spiro atoms. The molecule has 11 aromatic rings. The first-order valence-electron chi connectivity index (χ1n) is 27.4. The number of fused-ring (bicyclic) bond motifs is 9. The van der Waals surface area contributed by atoms with Crippen LogP contribution in [-0.2, 0) is 17.3 Å². The molecular formula is C73H54N2OS4. The van der Waals surface area contributed by atoms with E-state index in [9.17, 15) is 15.3 Å². The smallest absolute Gasteiger partial charge is 0.173 e. The Hall–Kier alpha value is -8.01. The zero-order valence-corrected chi connectivity index (χ0v) is 48.6. The Morgan fingerprint density at radius 3 is 1.62 bits per heavy atom. The summed E-state index contributed by atoms with van der Waals surface area (Å²) in [7, 11) is 0. The Labute approximate surface area is 484 Å². The van der Waals surface area contributed by atoms with Crippen LogP contribution in [-0.4, -0.2) is 5.78 Å². The first-order chi connectivity index (χ1) is 38.8. The third kappa shape index (κ3) is 7.34. The van der Waals surface area contributed by atoms with Crippen molar-refractivity contribution in [2.45, 2.75) is 71.6 Å². The van der Waals surface area contributed by atoms with Gasteiger partial charge in [0, 0.05) is 50.7 Å². The van der Waals surface area contributed by atoms with Gasteiger partial charge < -0.3 is 0 Å². The number of allylic oxidation sites excluding steroid dienone is 2. The summed E-state index contributed by atoms with van der Waals surface area (Å²) in [6.45, 7) is 12.9. The Balaban J connectivity index is 0.944. The van der Waals surface area contributed by atoms with Crippen molar-refractivity contribution in [1.29, 1.82) is 10.5 Å². The van der Waals surface area contributed by atoms with E-state index in [4.69, 9.17) is 0 Å². The normalized spacial score (nSPS) is 16.0. The van der Waals surface area contributed by atoms with Gasteiger partial charge in [-0.25, -0.2) is 0 Å². The molecular weight excluding hydrogens is 1050 g/mol. The number of hydrogen-bond acceptors (Lipinski definition) is 7. The second-order valence-corrected chi connectivity index (χ2v) is 27.0. The molecule has 0 radical (unpaired) electrons. The monoisotopic (exact) mass is 1100 g/mol. The molecule has 1 unspecified atom stereocenters. The minimum atomic E-state index is -0.943. The summed E-state index contributed by atoms with van der Waals surface area (Å²) in [6.07, 6.45) is 2.07. The minimum absolute atomic E-state index is 0.0107. The van der Waals surface area contributed by atoms with Crippen LogP contribution in [0.2, 0.25) is 0 Å². The van der Waals surface area contributed by atoms with E-state index in [0.717, 1.165) is 12.8 Å². The van der Waals surface area contributed by atoms with Crippen LogP contribution in [0.4, 0.5) is 0 Å². The average molecular weight is 1100 g/mol. The molecule has 0 saturated carbocycles. The molecule has 0 bridgehead atoms. The van der Waals surface area contributed by atoms with E-state index in [0.29, 0.717) is 23.1 Å². The summed E-state index contributed by atoms with van der Waals surface area (Å²) in [6, 6.07) is 73.0. The number of nitriles is 2. The number of hydrogen-bond donors (Lipinski definition) is 0. The number of carbonyl (C=O) groups excluding carboxylic acids is 1. The van der Waals surface area contributed by atoms with Gasteiger partial charge in [-0.2, -0.15) is 10.5 Å². The molecule has 4 heterocycles. The van der Waals surface area contributed by atoms with Gasteiger partial charge in [-0.15, -0.1) is 45.3 Å². The minimum Gasteiger partial charge on any atom is -0.293 e. The Kier molecular flexibility index (Phi) is 11.8. The molecule has 7 aromatic carbocycles. The topological polar surface area (TPSA) is 64.7 Å². The zero-order chi connectivity index (χ0) is 54.8. The number of carbonyl (C=O) groups is 1. The fourth-order valence-corrected chi connectivity index (χ4v) is 18.5. The zero-order valence-electron chi connectivity index (χ0n) is 45.4. The van der Waals surface area contributed by atoms with Gasteiger partial charge in [0.05, 0.1) is 20.9 Å². The highest BCUT2D eigenvalue weighted by atomic mass is 32.1. The lowest BCUT2D eigenvalue weighted by Gasteiger charge is -2.36. The third-order valence-corrected chi connectivity index (χ3v) is 22.4. The van der Waals surface area contributed by atoms with Crippen molar-refractivity contribution in [2.24, 2.45) is 5.41 Å². The number of ketones is 1. The number of benzene rings is 7. The van der Waals surface area contributed by atoms with E-state index in [1.807, 2.05) is 76.5 Å². The van der Waals surface area contributed by atoms with Crippen molar-refractivity contribution < 1.29 is 4.79 Å². The molecule has 0 amide bonds. The number of thiophene rings is 4. The van der Waals surface area contributed by atoms with Gasteiger partial charge in [-0.05, 0) is 176 Å². The van der Waals surface area contributed by atoms with E-state index in [2.05, 4.69) is 204 Å². The summed E-state index contributed by atoms with van der Waals surface area (Å²) in [5, 5.41) is 20.0. The van der Waals surface area contributed by atoms with Crippen LogP contribution in [0.15, 0.2) is 188 Å². The van der Waals surface area contributed by atoms with Crippen LogP contribution in [0, 0.1) is 62.7 Å². The quantitative estimate of drug-likeness (QED) is 0.128. The van der Waals surface area contributed by atoms with Gasteiger partial charge >= 0.3 is 0 Å². The first kappa shape index (κ1) is 50.2. The van der Waals surface area contributed by atoms with Crippen LogP contribution in [0.1, 0.15) is 112 Å². The van der Waals surface area contributed by atoms with E-state index >= 15 is 0 Å². The molecule has 0 N–H and O–H groups in total. The van der Waals surface area contributed by atoms with E-state index < -0.39 is 16.2 Å². The van der Waals surface area contributed by atoms with Gasteiger partial charge in [0.15, 0.2) is 5.78 Å². The summed E-state index contributed by atoms with van der Waals surface area (Å²) in [5.41, 5.74) is 20.1. The van der Waals surface area contributed by atoms with Crippen LogP contribution in [0.5, 0.6) is 0 Å². The Morgan fingerprint density at radius 1 is 0.487 bits per heavy atom. The molecule has 3 aliphatic carbocycles. The van der Waals surface area contributed by atoms with Crippen molar-refractivity contribution in [3.8, 4) is 53.9 Å². The van der Waals surface area contributed by atoms with Crippen LogP contribution >= 0.6 is 45.3 Å². The molecule has 0 fully saturated rings. The van der Waals surface area contributed by atoms with Crippen molar-refractivity contribution in [3.63, 3.8) is 0 Å². The standard InChI is InChI=1S/C73H54N2OS4/c1-42-13-23-49(24-14-42)72(50-25-15-43(2)16-26-50)59-36-47(62-33-21-46(5)77-62)22-32-54(59)57-37-61-58(38-60(57)72)68-67(73(61,51-27-17-44(3)18-28-51)52-29-19-45(4)20-30-52)69-65(80-68)39-64(79-69)63-34-31-53(78-63)10-9-35-71(6)66(48(40-74)41-75)55-11-7-8-12-56(55)70(71)76/h7-8,11-34,36-39H,9-10,35H2,1-6H3. The summed E-state index contributed by atoms with van der Waals surface area (Å²) in [5.74, 6) is -0.0107. The number of rotatable bonds is 10. The molecule has 7 heteroatoms. The van der Waals surface area contributed by atoms with Crippen molar-refractivity contribution in [3.05, 3.63) is 275 Å². The fourth-order valence-electron chi connectivity index (χ4n) is 13.7. The highest BCUT2D eigenvalue weighted by Crippen LogP contribution is 2.66. The predicted octanol–water partition coefficient (Wildman–Crippen LogP) is 19.7. The van der Waals surface area contributed by atoms with Crippen LogP contribution in [0.3, 0.4) is 0 Å². The fraction of sp³-hybridized carbons (Fsp3) is 0.164. The molecule has 0 saturated heterocycles. The van der Waals surface area contributed by atoms with Gasteiger partial charge in [0.25, 0.3) is 0 Å². The SMILES string of the molecule is Cc1ccc(C2(c3ccc(C)cc3)c3cc(-c4ccc(C)s4)ccc3-c3cc4c(cc32)-c2sc3cc(-c5ccc(CCCC6(C)C(=O)c7ccccc7C6=C(C#N)C#N)s5)sc3c2C4(c2ccc(C)cc2)c2ccc(C)cc2)cc1. The Bertz CT molecular complexity index is 4380. The van der Waals surface area contributed by atoms with Crippen molar-refractivity contribution >= 4 is 66.1 Å². The molecule has 0 aliphatic heterocycles. The van der Waals surface area contributed by atoms with Crippen molar-refractivity contribution in [2.75, 3.05) is 0 Å². The van der Waals surface area contributed by atoms with Gasteiger partial charge in [-0.3, -0.25) is 4.79 Å². The average Bonchev–Trinajstić information content (AvgIpc) is 2.24. The maximum atomic E-state index is 14.0. The lowest BCUT2D eigenvalue weighted by molar-refractivity contribution is 0.0880. The molecule has 386 valence electrons. The largest absolute Gasteiger partial charge is 0.293 e. The van der Waals surface area contributed by atoms with Gasteiger partial charge in [0.2, 0.25) is 0 Å². The second kappa shape index (κ2) is 18.8. The second-order valence-electron chi connectivity index (χ2n) is 22.5. The molecule has 3 nitrogen and oxygen atoms in total. The number of aryl methyl sites for hydroxylation is 6. The Morgan fingerprint density at radius 2 is 1.04 bits per heavy atom. The first-order valence-corrected chi connectivity index (χ1v) is 30.7.